The van der Waals surface area contributed by atoms with Gasteiger partial charge in [0, 0.05) is 6.42 Å². The molecule has 0 aromatic carbocycles. The molecule has 0 heterocycles. The van der Waals surface area contributed by atoms with Crippen molar-refractivity contribution in [2.45, 2.75) is 58.0 Å². The molecular formula is C13H21IO. The molecule has 0 aliphatic carbocycles. The van der Waals surface area contributed by atoms with Gasteiger partial charge in [0.05, 0.1) is 0 Å². The molecule has 0 rings (SSSR count). The molecular weight excluding hydrogens is 299 g/mol. The summed E-state index contributed by atoms with van der Waals surface area (Å²) in [7, 11) is 0. The third-order valence-corrected chi connectivity index (χ3v) is 2.85. The minimum Gasteiger partial charge on any atom is -0.377 e. The van der Waals surface area contributed by atoms with Crippen LogP contribution in [0.15, 0.2) is 10.2 Å². The summed E-state index contributed by atoms with van der Waals surface area (Å²) >= 11 is 2.17. The van der Waals surface area contributed by atoms with Crippen molar-refractivity contribution in [2.24, 2.45) is 0 Å². The number of unbranched alkanes of at least 4 members (excludes halogenated alkanes) is 3. The van der Waals surface area contributed by atoms with Gasteiger partial charge in [-0.2, -0.15) is 0 Å². The molecule has 0 spiro atoms. The van der Waals surface area contributed by atoms with E-state index in [4.69, 9.17) is 0 Å². The maximum atomic E-state index is 10.2. The predicted octanol–water partition coefficient (Wildman–Crippen LogP) is 4.05. The molecule has 0 aromatic heterocycles. The van der Waals surface area contributed by atoms with Crippen LogP contribution in [0.4, 0.5) is 0 Å². The van der Waals surface area contributed by atoms with Crippen LogP contribution >= 0.6 is 22.6 Å². The second-order valence-corrected chi connectivity index (χ2v) is 4.50. The van der Waals surface area contributed by atoms with Gasteiger partial charge in [0.15, 0.2) is 0 Å². The van der Waals surface area contributed by atoms with Crippen LogP contribution < -0.4 is 0 Å². The topological polar surface area (TPSA) is 20.2 Å². The number of hydrogen-bond acceptors (Lipinski definition) is 1. The lowest BCUT2D eigenvalue weighted by Gasteiger charge is -2.20. The van der Waals surface area contributed by atoms with E-state index in [0.29, 0.717) is 6.42 Å². The van der Waals surface area contributed by atoms with Crippen LogP contribution in [0, 0.1) is 11.8 Å². The SMILES string of the molecule is CC#CC(O)(C/C=C/I)CCCCCC. The Morgan fingerprint density at radius 1 is 1.33 bits per heavy atom. The number of aliphatic hydroxyl groups is 1. The van der Waals surface area contributed by atoms with E-state index in [-0.39, 0.29) is 0 Å². The summed E-state index contributed by atoms with van der Waals surface area (Å²) in [5.74, 6) is 5.74. The van der Waals surface area contributed by atoms with Crippen LogP contribution in [0.1, 0.15) is 52.4 Å². The zero-order valence-electron chi connectivity index (χ0n) is 9.72. The summed E-state index contributed by atoms with van der Waals surface area (Å²) in [6, 6.07) is 0. The van der Waals surface area contributed by atoms with Gasteiger partial charge in [-0.1, -0.05) is 60.8 Å². The molecule has 0 bridgehead atoms. The fraction of sp³-hybridized carbons (Fsp3) is 0.692. The van der Waals surface area contributed by atoms with Crippen molar-refractivity contribution < 1.29 is 5.11 Å². The molecule has 15 heavy (non-hydrogen) atoms. The number of hydrogen-bond donors (Lipinski definition) is 1. The molecule has 0 amide bonds. The van der Waals surface area contributed by atoms with Crippen molar-refractivity contribution in [1.82, 2.24) is 0 Å². The minimum absolute atomic E-state index is 0.642. The van der Waals surface area contributed by atoms with Crippen LogP contribution in [0.25, 0.3) is 0 Å². The Bertz CT molecular complexity index is 237. The van der Waals surface area contributed by atoms with Crippen molar-refractivity contribution >= 4 is 22.6 Å². The quantitative estimate of drug-likeness (QED) is 0.426. The van der Waals surface area contributed by atoms with Crippen molar-refractivity contribution in [2.75, 3.05) is 0 Å². The molecule has 0 fully saturated rings. The van der Waals surface area contributed by atoms with Gasteiger partial charge < -0.3 is 5.11 Å². The molecule has 0 aliphatic rings. The lowest BCUT2D eigenvalue weighted by atomic mass is 9.93. The van der Waals surface area contributed by atoms with Gasteiger partial charge in [-0.05, 0) is 23.8 Å². The fourth-order valence-electron chi connectivity index (χ4n) is 1.53. The monoisotopic (exact) mass is 320 g/mol. The maximum absolute atomic E-state index is 10.2. The van der Waals surface area contributed by atoms with E-state index in [2.05, 4.69) is 41.4 Å². The Morgan fingerprint density at radius 3 is 2.60 bits per heavy atom. The fourth-order valence-corrected chi connectivity index (χ4v) is 1.79. The van der Waals surface area contributed by atoms with E-state index in [1.807, 2.05) is 10.2 Å². The van der Waals surface area contributed by atoms with Crippen LogP contribution in [-0.4, -0.2) is 10.7 Å². The lowest BCUT2D eigenvalue weighted by molar-refractivity contribution is 0.0917. The first-order valence-electron chi connectivity index (χ1n) is 5.60. The van der Waals surface area contributed by atoms with Crippen molar-refractivity contribution in [1.29, 1.82) is 0 Å². The highest BCUT2D eigenvalue weighted by Gasteiger charge is 2.21. The van der Waals surface area contributed by atoms with E-state index in [1.54, 1.807) is 6.92 Å². The molecule has 0 aromatic rings. The molecule has 1 N–H and O–H groups in total. The highest BCUT2D eigenvalue weighted by Crippen LogP contribution is 2.20. The Balaban J connectivity index is 4.05. The summed E-state index contributed by atoms with van der Waals surface area (Å²) in [6.07, 6.45) is 8.14. The molecule has 0 radical (unpaired) electrons. The molecule has 86 valence electrons. The molecule has 0 aliphatic heterocycles. The van der Waals surface area contributed by atoms with Crippen LogP contribution in [0.3, 0.4) is 0 Å². The first-order chi connectivity index (χ1) is 7.18. The van der Waals surface area contributed by atoms with E-state index < -0.39 is 5.60 Å². The van der Waals surface area contributed by atoms with E-state index >= 15 is 0 Å². The van der Waals surface area contributed by atoms with Crippen molar-refractivity contribution in [3.8, 4) is 11.8 Å². The Labute approximate surface area is 107 Å². The minimum atomic E-state index is -0.801. The van der Waals surface area contributed by atoms with E-state index in [1.165, 1.54) is 19.3 Å². The third kappa shape index (κ3) is 7.87. The highest BCUT2D eigenvalue weighted by atomic mass is 127. The first-order valence-corrected chi connectivity index (χ1v) is 6.84. The van der Waals surface area contributed by atoms with Gasteiger partial charge in [-0.3, -0.25) is 0 Å². The van der Waals surface area contributed by atoms with E-state index in [0.717, 1.165) is 12.8 Å². The summed E-state index contributed by atoms with van der Waals surface area (Å²) in [5, 5.41) is 10.2. The van der Waals surface area contributed by atoms with Crippen LogP contribution in [-0.2, 0) is 0 Å². The zero-order valence-corrected chi connectivity index (χ0v) is 11.9. The lowest BCUT2D eigenvalue weighted by Crippen LogP contribution is -2.25. The average Bonchev–Trinajstić information content (AvgIpc) is 2.22. The third-order valence-electron chi connectivity index (χ3n) is 2.35. The normalized spacial score (nSPS) is 14.7. The summed E-state index contributed by atoms with van der Waals surface area (Å²) in [4.78, 5) is 0. The van der Waals surface area contributed by atoms with Gasteiger partial charge in [-0.15, -0.1) is 5.92 Å². The van der Waals surface area contributed by atoms with E-state index in [9.17, 15) is 5.11 Å². The van der Waals surface area contributed by atoms with Gasteiger partial charge in [-0.25, -0.2) is 0 Å². The van der Waals surface area contributed by atoms with Crippen molar-refractivity contribution in [3.05, 3.63) is 10.2 Å². The van der Waals surface area contributed by atoms with Crippen LogP contribution in [0.2, 0.25) is 0 Å². The predicted molar refractivity (Wildman–Crippen MR) is 74.9 cm³/mol. The zero-order chi connectivity index (χ0) is 11.6. The molecule has 0 saturated heterocycles. The number of halogens is 1. The van der Waals surface area contributed by atoms with Gasteiger partial charge in [0.2, 0.25) is 0 Å². The second kappa shape index (κ2) is 9.23. The van der Waals surface area contributed by atoms with Gasteiger partial charge in [0.1, 0.15) is 5.60 Å². The smallest absolute Gasteiger partial charge is 0.128 e. The molecule has 2 heteroatoms. The largest absolute Gasteiger partial charge is 0.377 e. The second-order valence-electron chi connectivity index (χ2n) is 3.78. The molecule has 1 nitrogen and oxygen atoms in total. The highest BCUT2D eigenvalue weighted by molar-refractivity contribution is 14.1. The molecule has 1 atom stereocenters. The Kier molecular flexibility index (Phi) is 9.23. The maximum Gasteiger partial charge on any atom is 0.128 e. The molecule has 1 unspecified atom stereocenters. The Hall–Kier alpha value is -0.0100. The first kappa shape index (κ1) is 15.0. The standard InChI is InChI=1S/C13H21IO/c1-3-5-6-7-10-13(15,9-4-2)11-8-12-14/h8,12,15H,3,5-7,10-11H2,1-2H3/b12-8+. The van der Waals surface area contributed by atoms with Crippen LogP contribution in [0.5, 0.6) is 0 Å². The number of rotatable bonds is 7. The van der Waals surface area contributed by atoms with Gasteiger partial charge >= 0.3 is 0 Å². The summed E-state index contributed by atoms with van der Waals surface area (Å²) in [5.41, 5.74) is -0.801. The average molecular weight is 320 g/mol. The van der Waals surface area contributed by atoms with Crippen molar-refractivity contribution in [3.63, 3.8) is 0 Å². The molecule has 0 saturated carbocycles. The summed E-state index contributed by atoms with van der Waals surface area (Å²) in [6.45, 7) is 3.97. The Morgan fingerprint density at radius 2 is 2.07 bits per heavy atom. The summed E-state index contributed by atoms with van der Waals surface area (Å²) < 4.78 is 1.94. The van der Waals surface area contributed by atoms with Gasteiger partial charge in [0.25, 0.3) is 0 Å².